The van der Waals surface area contributed by atoms with Gasteiger partial charge >= 0.3 is 0 Å². The van der Waals surface area contributed by atoms with Gasteiger partial charge in [-0.05, 0) is 23.1 Å². The molecule has 1 rings (SSSR count). The largest absolute Gasteiger partial charge is 0.351 e. The topological polar surface area (TPSA) is 55.1 Å². The van der Waals surface area contributed by atoms with Crippen molar-refractivity contribution in [1.82, 2.24) is 5.32 Å². The van der Waals surface area contributed by atoms with E-state index >= 15 is 0 Å². The molecule has 0 spiro atoms. The summed E-state index contributed by atoms with van der Waals surface area (Å²) in [6, 6.07) is 7.30. The molecule has 1 atom stereocenters. The van der Waals surface area contributed by atoms with Crippen molar-refractivity contribution in [2.24, 2.45) is 11.1 Å². The lowest BCUT2D eigenvalue weighted by molar-refractivity contribution is -0.121. The first-order valence-electron chi connectivity index (χ1n) is 6.07. The van der Waals surface area contributed by atoms with Gasteiger partial charge in [0, 0.05) is 17.6 Å². The number of hydrogen-bond acceptors (Lipinski definition) is 2. The molecule has 0 saturated carbocycles. The highest BCUT2D eigenvalue weighted by Gasteiger charge is 2.24. The van der Waals surface area contributed by atoms with Gasteiger partial charge in [0.05, 0.1) is 6.42 Å². The summed E-state index contributed by atoms with van der Waals surface area (Å²) in [5.41, 5.74) is 6.55. The zero-order valence-corrected chi connectivity index (χ0v) is 11.9. The quantitative estimate of drug-likeness (QED) is 0.881. The summed E-state index contributed by atoms with van der Waals surface area (Å²) in [4.78, 5) is 11.9. The monoisotopic (exact) mass is 268 g/mol. The first-order valence-corrected chi connectivity index (χ1v) is 6.44. The molecule has 0 fully saturated rings. The molecule has 1 unspecified atom stereocenters. The number of halogens is 1. The Balaban J connectivity index is 2.61. The third kappa shape index (κ3) is 4.67. The number of benzene rings is 1. The van der Waals surface area contributed by atoms with E-state index in [4.69, 9.17) is 17.3 Å². The van der Waals surface area contributed by atoms with Gasteiger partial charge in [-0.15, -0.1) is 0 Å². The summed E-state index contributed by atoms with van der Waals surface area (Å²) < 4.78 is 0. The molecule has 4 heteroatoms. The van der Waals surface area contributed by atoms with Crippen LogP contribution in [0.25, 0.3) is 0 Å². The molecule has 0 aliphatic heterocycles. The molecule has 0 aliphatic rings. The summed E-state index contributed by atoms with van der Waals surface area (Å²) in [5.74, 6) is -0.0253. The first-order chi connectivity index (χ1) is 8.32. The van der Waals surface area contributed by atoms with Gasteiger partial charge in [-0.25, -0.2) is 0 Å². The van der Waals surface area contributed by atoms with Gasteiger partial charge in [0.25, 0.3) is 0 Å². The van der Waals surface area contributed by atoms with E-state index in [0.29, 0.717) is 18.0 Å². The van der Waals surface area contributed by atoms with Crippen LogP contribution < -0.4 is 11.1 Å². The van der Waals surface area contributed by atoms with E-state index in [1.807, 2.05) is 12.1 Å². The lowest BCUT2D eigenvalue weighted by atomic mass is 9.86. The van der Waals surface area contributed by atoms with Gasteiger partial charge in [0.2, 0.25) is 5.91 Å². The molecule has 0 aromatic heterocycles. The highest BCUT2D eigenvalue weighted by Crippen LogP contribution is 2.18. The van der Waals surface area contributed by atoms with Gasteiger partial charge in [-0.1, -0.05) is 44.5 Å². The van der Waals surface area contributed by atoms with Gasteiger partial charge in [0.1, 0.15) is 0 Å². The summed E-state index contributed by atoms with van der Waals surface area (Å²) in [7, 11) is 0. The summed E-state index contributed by atoms with van der Waals surface area (Å²) in [6.07, 6.45) is 0.327. The molecule has 0 saturated heterocycles. The van der Waals surface area contributed by atoms with Crippen molar-refractivity contribution in [3.63, 3.8) is 0 Å². The van der Waals surface area contributed by atoms with Crippen molar-refractivity contribution in [2.45, 2.75) is 33.2 Å². The Morgan fingerprint density at radius 3 is 2.61 bits per heavy atom. The molecule has 1 amide bonds. The molecule has 0 aliphatic carbocycles. The average Bonchev–Trinajstić information content (AvgIpc) is 2.24. The normalized spacial score (nSPS) is 13.2. The zero-order valence-electron chi connectivity index (χ0n) is 11.2. The van der Waals surface area contributed by atoms with Crippen molar-refractivity contribution < 1.29 is 4.79 Å². The van der Waals surface area contributed by atoms with E-state index in [1.54, 1.807) is 12.1 Å². The van der Waals surface area contributed by atoms with E-state index in [-0.39, 0.29) is 17.4 Å². The first kappa shape index (κ1) is 15.0. The third-order valence-electron chi connectivity index (χ3n) is 2.87. The number of amides is 1. The molecule has 18 heavy (non-hydrogen) atoms. The van der Waals surface area contributed by atoms with Gasteiger partial charge < -0.3 is 11.1 Å². The Morgan fingerprint density at radius 2 is 2.11 bits per heavy atom. The fourth-order valence-electron chi connectivity index (χ4n) is 1.71. The van der Waals surface area contributed by atoms with Crippen LogP contribution in [0.4, 0.5) is 0 Å². The second-order valence-electron chi connectivity index (χ2n) is 5.53. The Kier molecular flexibility index (Phi) is 5.17. The van der Waals surface area contributed by atoms with Crippen LogP contribution >= 0.6 is 11.6 Å². The summed E-state index contributed by atoms with van der Waals surface area (Å²) in [6.45, 7) is 6.61. The molecule has 0 heterocycles. The minimum absolute atomic E-state index is 0.0239. The molecule has 100 valence electrons. The highest BCUT2D eigenvalue weighted by molar-refractivity contribution is 6.30. The molecule has 1 aromatic carbocycles. The van der Waals surface area contributed by atoms with Crippen molar-refractivity contribution in [1.29, 1.82) is 0 Å². The summed E-state index contributed by atoms with van der Waals surface area (Å²) >= 11 is 5.88. The predicted octanol–water partition coefficient (Wildman–Crippen LogP) is 2.37. The number of nitrogens with two attached hydrogens (primary N) is 1. The van der Waals surface area contributed by atoms with Crippen LogP contribution in [0.1, 0.15) is 26.3 Å². The molecule has 3 nitrogen and oxygen atoms in total. The standard InChI is InChI=1S/C14H21ClN2O/c1-14(2,3)12(9-16)17-13(18)8-10-5-4-6-11(15)7-10/h4-7,12H,8-9,16H2,1-3H3,(H,17,18). The van der Waals surface area contributed by atoms with E-state index in [9.17, 15) is 4.79 Å². The maximum Gasteiger partial charge on any atom is 0.224 e. The lowest BCUT2D eigenvalue weighted by Crippen LogP contribution is -2.48. The number of carbonyl (C=O) groups is 1. The molecule has 3 N–H and O–H groups in total. The van der Waals surface area contributed by atoms with Crippen molar-refractivity contribution in [2.75, 3.05) is 6.54 Å². The van der Waals surface area contributed by atoms with Gasteiger partial charge in [-0.2, -0.15) is 0 Å². The van der Waals surface area contributed by atoms with Crippen LogP contribution in [0, 0.1) is 5.41 Å². The second-order valence-corrected chi connectivity index (χ2v) is 5.96. The fraction of sp³-hybridized carbons (Fsp3) is 0.500. The SMILES string of the molecule is CC(C)(C)C(CN)NC(=O)Cc1cccc(Cl)c1. The predicted molar refractivity (Wildman–Crippen MR) is 75.6 cm³/mol. The van der Waals surface area contributed by atoms with Crippen LogP contribution in [0.3, 0.4) is 0 Å². The number of carbonyl (C=O) groups excluding carboxylic acids is 1. The average molecular weight is 269 g/mol. The molecule has 0 radical (unpaired) electrons. The Labute approximate surface area is 114 Å². The maximum atomic E-state index is 11.9. The van der Waals surface area contributed by atoms with Crippen LogP contribution in [-0.2, 0) is 11.2 Å². The number of hydrogen-bond donors (Lipinski definition) is 2. The third-order valence-corrected chi connectivity index (χ3v) is 3.11. The van der Waals surface area contributed by atoms with Crippen molar-refractivity contribution in [3.05, 3.63) is 34.9 Å². The smallest absolute Gasteiger partial charge is 0.224 e. The minimum Gasteiger partial charge on any atom is -0.351 e. The molecular weight excluding hydrogens is 248 g/mol. The van der Waals surface area contributed by atoms with Crippen LogP contribution in [0.2, 0.25) is 5.02 Å². The number of nitrogens with one attached hydrogen (secondary N) is 1. The van der Waals surface area contributed by atoms with Crippen LogP contribution in [0.15, 0.2) is 24.3 Å². The Bertz CT molecular complexity index is 413. The van der Waals surface area contributed by atoms with Gasteiger partial charge in [0.15, 0.2) is 0 Å². The maximum absolute atomic E-state index is 11.9. The van der Waals surface area contributed by atoms with E-state index in [1.165, 1.54) is 0 Å². The number of rotatable bonds is 4. The molecular formula is C14H21ClN2O. The summed E-state index contributed by atoms with van der Waals surface area (Å²) in [5, 5.41) is 3.61. The van der Waals surface area contributed by atoms with Crippen LogP contribution in [0.5, 0.6) is 0 Å². The molecule has 1 aromatic rings. The highest BCUT2D eigenvalue weighted by atomic mass is 35.5. The fourth-order valence-corrected chi connectivity index (χ4v) is 1.92. The zero-order chi connectivity index (χ0) is 13.8. The van der Waals surface area contributed by atoms with E-state index in [0.717, 1.165) is 5.56 Å². The van der Waals surface area contributed by atoms with E-state index in [2.05, 4.69) is 26.1 Å². The van der Waals surface area contributed by atoms with Crippen molar-refractivity contribution in [3.8, 4) is 0 Å². The Hall–Kier alpha value is -1.06. The Morgan fingerprint density at radius 1 is 1.44 bits per heavy atom. The molecule has 0 bridgehead atoms. The van der Waals surface area contributed by atoms with Crippen LogP contribution in [-0.4, -0.2) is 18.5 Å². The van der Waals surface area contributed by atoms with E-state index < -0.39 is 0 Å². The lowest BCUT2D eigenvalue weighted by Gasteiger charge is -2.30. The van der Waals surface area contributed by atoms with Crippen molar-refractivity contribution >= 4 is 17.5 Å². The second kappa shape index (κ2) is 6.21. The minimum atomic E-state index is -0.0429. The van der Waals surface area contributed by atoms with Gasteiger partial charge in [-0.3, -0.25) is 4.79 Å².